The van der Waals surface area contributed by atoms with Gasteiger partial charge in [0.15, 0.2) is 0 Å². The van der Waals surface area contributed by atoms with Crippen LogP contribution in [0.3, 0.4) is 0 Å². The predicted molar refractivity (Wildman–Crippen MR) is 118 cm³/mol. The number of ether oxygens (including phenoxy) is 1. The number of urea groups is 1. The van der Waals surface area contributed by atoms with Gasteiger partial charge < -0.3 is 20.7 Å². The zero-order valence-corrected chi connectivity index (χ0v) is 17.2. The van der Waals surface area contributed by atoms with Gasteiger partial charge in [0.05, 0.1) is 17.1 Å². The fourth-order valence-corrected chi connectivity index (χ4v) is 2.69. The van der Waals surface area contributed by atoms with Crippen LogP contribution in [0.2, 0.25) is 5.02 Å². The van der Waals surface area contributed by atoms with E-state index in [2.05, 4.69) is 27.5 Å². The molecule has 0 saturated heterocycles. The van der Waals surface area contributed by atoms with E-state index < -0.39 is 11.8 Å². The first-order chi connectivity index (χ1) is 14.4. The van der Waals surface area contributed by atoms with Crippen LogP contribution in [-0.2, 0) is 0 Å². The van der Waals surface area contributed by atoms with E-state index in [4.69, 9.17) is 16.3 Å². The van der Waals surface area contributed by atoms with E-state index in [0.717, 1.165) is 5.56 Å². The molecular formula is C22H20ClFN4O2. The highest BCUT2D eigenvalue weighted by atomic mass is 35.5. The molecule has 3 rings (SSSR count). The minimum Gasteiger partial charge on any atom is -0.457 e. The Labute approximate surface area is 178 Å². The summed E-state index contributed by atoms with van der Waals surface area (Å²) in [6.07, 6.45) is 1.57. The van der Waals surface area contributed by atoms with E-state index in [1.54, 1.807) is 49.6 Å². The molecule has 0 aliphatic rings. The maximum Gasteiger partial charge on any atom is 0.323 e. The van der Waals surface area contributed by atoms with Gasteiger partial charge in [0.25, 0.3) is 0 Å². The zero-order chi connectivity index (χ0) is 21.7. The first kappa shape index (κ1) is 21.1. The van der Waals surface area contributed by atoms with Crippen molar-refractivity contribution in [2.24, 2.45) is 0 Å². The number of carbonyl (C=O) groups excluding carboxylic acids is 1. The summed E-state index contributed by atoms with van der Waals surface area (Å²) in [5, 5.41) is 8.61. The lowest BCUT2D eigenvalue weighted by Gasteiger charge is -2.12. The number of rotatable bonds is 6. The van der Waals surface area contributed by atoms with Crippen LogP contribution < -0.4 is 20.7 Å². The second kappa shape index (κ2) is 9.28. The number of hydrogen-bond donors (Lipinski definition) is 3. The normalized spacial score (nSPS) is 10.3. The van der Waals surface area contributed by atoms with Crippen molar-refractivity contribution in [1.82, 2.24) is 10.3 Å². The first-order valence-corrected chi connectivity index (χ1v) is 9.38. The number of amides is 2. The minimum atomic E-state index is -0.635. The van der Waals surface area contributed by atoms with E-state index in [9.17, 15) is 9.18 Å². The summed E-state index contributed by atoms with van der Waals surface area (Å²) in [5.74, 6) is 0.121. The molecule has 3 aromatic rings. The SMILES string of the molecule is C=C(NC)c1cc(Oc2ccc(NC(=O)Nc3ccc(Cl)c(C)c3)c(F)c2)ccn1. The number of aromatic nitrogens is 1. The summed E-state index contributed by atoms with van der Waals surface area (Å²) in [4.78, 5) is 16.3. The Morgan fingerprint density at radius 3 is 2.57 bits per heavy atom. The predicted octanol–water partition coefficient (Wildman–Crippen LogP) is 5.81. The molecule has 0 unspecified atom stereocenters. The van der Waals surface area contributed by atoms with Gasteiger partial charge in [-0.05, 0) is 48.9 Å². The second-order valence-corrected chi connectivity index (χ2v) is 6.80. The number of aryl methyl sites for hydroxylation is 1. The van der Waals surface area contributed by atoms with Crippen molar-refractivity contribution in [3.63, 3.8) is 0 Å². The molecule has 0 aliphatic carbocycles. The van der Waals surface area contributed by atoms with Crippen molar-refractivity contribution < 1.29 is 13.9 Å². The molecule has 2 amide bonds. The summed E-state index contributed by atoms with van der Waals surface area (Å²) < 4.78 is 20.1. The number of hydrogen-bond acceptors (Lipinski definition) is 4. The Morgan fingerprint density at radius 1 is 1.10 bits per heavy atom. The van der Waals surface area contributed by atoms with Gasteiger partial charge in [0, 0.05) is 36.1 Å². The third-order valence-electron chi connectivity index (χ3n) is 4.18. The van der Waals surface area contributed by atoms with E-state index in [1.165, 1.54) is 12.1 Å². The number of nitrogens with one attached hydrogen (secondary N) is 3. The Kier molecular flexibility index (Phi) is 6.54. The molecule has 1 heterocycles. The molecule has 0 aliphatic heterocycles. The largest absolute Gasteiger partial charge is 0.457 e. The van der Waals surface area contributed by atoms with Crippen LogP contribution in [0.4, 0.5) is 20.6 Å². The Morgan fingerprint density at radius 2 is 1.87 bits per heavy atom. The van der Waals surface area contributed by atoms with Crippen molar-refractivity contribution in [2.45, 2.75) is 6.92 Å². The van der Waals surface area contributed by atoms with Crippen LogP contribution in [0, 0.1) is 12.7 Å². The highest BCUT2D eigenvalue weighted by Gasteiger charge is 2.10. The topological polar surface area (TPSA) is 75.3 Å². The van der Waals surface area contributed by atoms with Gasteiger partial charge in [-0.15, -0.1) is 0 Å². The highest BCUT2D eigenvalue weighted by Crippen LogP contribution is 2.27. The molecule has 0 radical (unpaired) electrons. The van der Waals surface area contributed by atoms with E-state index in [-0.39, 0.29) is 11.4 Å². The zero-order valence-electron chi connectivity index (χ0n) is 16.4. The number of carbonyl (C=O) groups is 1. The Hall–Kier alpha value is -3.58. The quantitative estimate of drug-likeness (QED) is 0.465. The maximum absolute atomic E-state index is 14.5. The van der Waals surface area contributed by atoms with Crippen LogP contribution in [0.5, 0.6) is 11.5 Å². The van der Waals surface area contributed by atoms with Crippen molar-refractivity contribution in [2.75, 3.05) is 17.7 Å². The molecule has 0 atom stereocenters. The molecule has 2 aromatic carbocycles. The van der Waals surface area contributed by atoms with Crippen molar-refractivity contribution in [1.29, 1.82) is 0 Å². The van der Waals surface area contributed by atoms with Gasteiger partial charge in [-0.1, -0.05) is 18.2 Å². The fraction of sp³-hybridized carbons (Fsp3) is 0.0909. The lowest BCUT2D eigenvalue weighted by molar-refractivity contribution is 0.262. The van der Waals surface area contributed by atoms with Gasteiger partial charge in [0.1, 0.15) is 17.3 Å². The summed E-state index contributed by atoms with van der Waals surface area (Å²) in [5.41, 5.74) is 2.63. The van der Waals surface area contributed by atoms with Crippen LogP contribution in [0.25, 0.3) is 5.70 Å². The number of benzene rings is 2. The molecule has 1 aromatic heterocycles. The Bertz CT molecular complexity index is 1100. The summed E-state index contributed by atoms with van der Waals surface area (Å²) in [6.45, 7) is 5.67. The molecule has 0 bridgehead atoms. The van der Waals surface area contributed by atoms with Crippen molar-refractivity contribution >= 4 is 34.7 Å². The summed E-state index contributed by atoms with van der Waals surface area (Å²) in [6, 6.07) is 12.0. The third kappa shape index (κ3) is 5.27. The number of pyridine rings is 1. The van der Waals surface area contributed by atoms with Gasteiger partial charge in [-0.2, -0.15) is 0 Å². The van der Waals surface area contributed by atoms with Gasteiger partial charge in [0.2, 0.25) is 0 Å². The average Bonchev–Trinajstić information content (AvgIpc) is 2.72. The number of anilines is 2. The van der Waals surface area contributed by atoms with E-state index in [0.29, 0.717) is 27.9 Å². The van der Waals surface area contributed by atoms with Crippen molar-refractivity contribution in [3.8, 4) is 11.5 Å². The van der Waals surface area contributed by atoms with Crippen LogP contribution in [0.1, 0.15) is 11.3 Å². The molecule has 0 fully saturated rings. The molecule has 0 spiro atoms. The highest BCUT2D eigenvalue weighted by molar-refractivity contribution is 6.31. The average molecular weight is 427 g/mol. The first-order valence-electron chi connectivity index (χ1n) is 9.00. The van der Waals surface area contributed by atoms with Gasteiger partial charge in [-0.25, -0.2) is 9.18 Å². The molecule has 3 N–H and O–H groups in total. The summed E-state index contributed by atoms with van der Waals surface area (Å²) in [7, 11) is 1.74. The molecule has 6 nitrogen and oxygen atoms in total. The minimum absolute atomic E-state index is 0.0181. The van der Waals surface area contributed by atoms with E-state index in [1.807, 2.05) is 6.92 Å². The smallest absolute Gasteiger partial charge is 0.323 e. The molecular weight excluding hydrogens is 407 g/mol. The Balaban J connectivity index is 1.67. The van der Waals surface area contributed by atoms with Crippen LogP contribution in [-0.4, -0.2) is 18.1 Å². The second-order valence-electron chi connectivity index (χ2n) is 6.39. The molecule has 154 valence electrons. The molecule has 30 heavy (non-hydrogen) atoms. The lowest BCUT2D eigenvalue weighted by atomic mass is 10.2. The van der Waals surface area contributed by atoms with Gasteiger partial charge >= 0.3 is 6.03 Å². The number of halogens is 2. The van der Waals surface area contributed by atoms with E-state index >= 15 is 0 Å². The fourth-order valence-electron chi connectivity index (χ4n) is 2.57. The lowest BCUT2D eigenvalue weighted by Crippen LogP contribution is -2.20. The standard InChI is InChI=1S/C22H20ClFN4O2/c1-13-10-15(4-6-18(13)23)27-22(29)28-20-7-5-16(11-19(20)24)30-17-8-9-26-21(12-17)14(2)25-3/h4-12,25H,2H2,1,3H3,(H2,27,28,29). The third-order valence-corrected chi connectivity index (χ3v) is 4.61. The molecule has 8 heteroatoms. The monoisotopic (exact) mass is 426 g/mol. The number of nitrogens with zero attached hydrogens (tertiary/aromatic N) is 1. The van der Waals surface area contributed by atoms with Crippen LogP contribution in [0.15, 0.2) is 61.3 Å². The molecule has 0 saturated carbocycles. The summed E-state index contributed by atoms with van der Waals surface area (Å²) >= 11 is 5.97. The maximum atomic E-state index is 14.5. The van der Waals surface area contributed by atoms with Gasteiger partial charge in [-0.3, -0.25) is 4.98 Å². The van der Waals surface area contributed by atoms with Crippen LogP contribution >= 0.6 is 11.6 Å². The van der Waals surface area contributed by atoms with Crippen molar-refractivity contribution in [3.05, 3.63) is 83.4 Å².